The predicted octanol–water partition coefficient (Wildman–Crippen LogP) is 1.13. The van der Waals surface area contributed by atoms with Crippen LogP contribution in [0.3, 0.4) is 0 Å². The third kappa shape index (κ3) is 3.54. The Hall–Kier alpha value is -1.40. The van der Waals surface area contributed by atoms with Crippen LogP contribution in [0.4, 0.5) is 0 Å². The Labute approximate surface area is 119 Å². The van der Waals surface area contributed by atoms with Crippen molar-refractivity contribution in [2.45, 2.75) is 12.5 Å². The highest BCUT2D eigenvalue weighted by Gasteiger charge is 2.28. The van der Waals surface area contributed by atoms with E-state index in [-0.39, 0.29) is 11.8 Å². The van der Waals surface area contributed by atoms with Gasteiger partial charge in [0.1, 0.15) is 6.04 Å². The molecule has 1 fully saturated rings. The Kier molecular flexibility index (Phi) is 4.55. The van der Waals surface area contributed by atoms with Crippen LogP contribution in [0.5, 0.6) is 0 Å². The SMILES string of the molecule is NC(=O)C(NC(=O)C1CCOC1)c1cccc(Br)c1. The Morgan fingerprint density at radius 1 is 1.47 bits per heavy atom. The molecule has 2 amide bonds. The van der Waals surface area contributed by atoms with Gasteiger partial charge in [0.2, 0.25) is 11.8 Å². The van der Waals surface area contributed by atoms with Crippen molar-refractivity contribution < 1.29 is 14.3 Å². The molecule has 0 aromatic heterocycles. The highest BCUT2D eigenvalue weighted by molar-refractivity contribution is 9.10. The number of rotatable bonds is 4. The molecule has 1 aromatic carbocycles. The molecule has 2 unspecified atom stereocenters. The fraction of sp³-hybridized carbons (Fsp3) is 0.385. The quantitative estimate of drug-likeness (QED) is 0.870. The minimum Gasteiger partial charge on any atom is -0.381 e. The summed E-state index contributed by atoms with van der Waals surface area (Å²) in [6.07, 6.45) is 0.676. The molecule has 0 radical (unpaired) electrons. The zero-order valence-electron chi connectivity index (χ0n) is 10.3. The van der Waals surface area contributed by atoms with Crippen LogP contribution in [-0.4, -0.2) is 25.0 Å². The maximum absolute atomic E-state index is 12.0. The Balaban J connectivity index is 2.12. The first-order valence-corrected chi connectivity index (χ1v) is 6.80. The van der Waals surface area contributed by atoms with Gasteiger partial charge in [-0.3, -0.25) is 9.59 Å². The van der Waals surface area contributed by atoms with Crippen LogP contribution in [-0.2, 0) is 14.3 Å². The monoisotopic (exact) mass is 326 g/mol. The van der Waals surface area contributed by atoms with Crippen LogP contribution < -0.4 is 11.1 Å². The van der Waals surface area contributed by atoms with Crippen molar-refractivity contribution in [3.63, 3.8) is 0 Å². The van der Waals surface area contributed by atoms with E-state index in [1.54, 1.807) is 18.2 Å². The molecular weight excluding hydrogens is 312 g/mol. The van der Waals surface area contributed by atoms with Crippen LogP contribution in [0, 0.1) is 5.92 Å². The number of amides is 2. The summed E-state index contributed by atoms with van der Waals surface area (Å²) < 4.78 is 5.99. The Bertz CT molecular complexity index is 487. The second kappa shape index (κ2) is 6.16. The van der Waals surface area contributed by atoms with Gasteiger partial charge in [-0.2, -0.15) is 0 Å². The van der Waals surface area contributed by atoms with Crippen molar-refractivity contribution in [1.29, 1.82) is 0 Å². The molecular formula is C13H15BrN2O3. The number of benzene rings is 1. The van der Waals surface area contributed by atoms with Crippen molar-refractivity contribution >= 4 is 27.7 Å². The molecule has 1 aliphatic rings. The molecule has 1 aliphatic heterocycles. The lowest BCUT2D eigenvalue weighted by Crippen LogP contribution is -2.40. The largest absolute Gasteiger partial charge is 0.381 e. The van der Waals surface area contributed by atoms with E-state index in [0.717, 1.165) is 4.47 Å². The van der Waals surface area contributed by atoms with E-state index in [2.05, 4.69) is 21.2 Å². The number of carbonyl (C=O) groups excluding carboxylic acids is 2. The highest BCUT2D eigenvalue weighted by atomic mass is 79.9. The van der Waals surface area contributed by atoms with Crippen LogP contribution in [0.25, 0.3) is 0 Å². The summed E-state index contributed by atoms with van der Waals surface area (Å²) in [5, 5.41) is 2.69. The molecule has 5 nitrogen and oxygen atoms in total. The van der Waals surface area contributed by atoms with Gasteiger partial charge < -0.3 is 15.8 Å². The van der Waals surface area contributed by atoms with Gasteiger partial charge in [0, 0.05) is 11.1 Å². The number of ether oxygens (including phenoxy) is 1. The second-order valence-electron chi connectivity index (χ2n) is 4.46. The molecule has 6 heteroatoms. The molecule has 3 N–H and O–H groups in total. The average Bonchev–Trinajstić information content (AvgIpc) is 2.89. The van der Waals surface area contributed by atoms with Crippen molar-refractivity contribution in [1.82, 2.24) is 5.32 Å². The van der Waals surface area contributed by atoms with E-state index in [1.165, 1.54) is 0 Å². The molecule has 102 valence electrons. The highest BCUT2D eigenvalue weighted by Crippen LogP contribution is 2.20. The van der Waals surface area contributed by atoms with Gasteiger partial charge in [-0.25, -0.2) is 0 Å². The summed E-state index contributed by atoms with van der Waals surface area (Å²) in [7, 11) is 0. The van der Waals surface area contributed by atoms with Crippen LogP contribution in [0.2, 0.25) is 0 Å². The maximum Gasteiger partial charge on any atom is 0.244 e. The number of hydrogen-bond donors (Lipinski definition) is 2. The third-order valence-electron chi connectivity index (χ3n) is 3.05. The van der Waals surface area contributed by atoms with Crippen molar-refractivity contribution in [3.05, 3.63) is 34.3 Å². The van der Waals surface area contributed by atoms with Crippen molar-refractivity contribution in [2.24, 2.45) is 11.7 Å². The lowest BCUT2D eigenvalue weighted by atomic mass is 10.0. The van der Waals surface area contributed by atoms with Crippen molar-refractivity contribution in [2.75, 3.05) is 13.2 Å². The summed E-state index contributed by atoms with van der Waals surface area (Å²) in [6.45, 7) is 0.978. The molecule has 1 aromatic rings. The van der Waals surface area contributed by atoms with Gasteiger partial charge in [0.05, 0.1) is 12.5 Å². The topological polar surface area (TPSA) is 81.4 Å². The first-order valence-electron chi connectivity index (χ1n) is 6.01. The minimum atomic E-state index is -0.814. The predicted molar refractivity (Wildman–Crippen MR) is 73.1 cm³/mol. The van der Waals surface area contributed by atoms with Gasteiger partial charge in [-0.15, -0.1) is 0 Å². The number of hydrogen-bond acceptors (Lipinski definition) is 3. The number of primary amides is 1. The van der Waals surface area contributed by atoms with E-state index >= 15 is 0 Å². The molecule has 1 saturated heterocycles. The van der Waals surface area contributed by atoms with Crippen molar-refractivity contribution in [3.8, 4) is 0 Å². The molecule has 2 rings (SSSR count). The Morgan fingerprint density at radius 2 is 2.26 bits per heavy atom. The molecule has 0 aliphatic carbocycles. The van der Waals surface area contributed by atoms with Crippen LogP contribution >= 0.6 is 15.9 Å². The maximum atomic E-state index is 12.0. The Morgan fingerprint density at radius 3 is 2.84 bits per heavy atom. The van der Waals surface area contributed by atoms with Gasteiger partial charge in [-0.1, -0.05) is 28.1 Å². The first kappa shape index (κ1) is 14.0. The third-order valence-corrected chi connectivity index (χ3v) is 3.55. The second-order valence-corrected chi connectivity index (χ2v) is 5.38. The van der Waals surface area contributed by atoms with E-state index in [4.69, 9.17) is 10.5 Å². The summed E-state index contributed by atoms with van der Waals surface area (Å²) in [6, 6.07) is 6.34. The van der Waals surface area contributed by atoms with E-state index < -0.39 is 11.9 Å². The number of halogens is 1. The van der Waals surface area contributed by atoms with E-state index in [1.807, 2.05) is 6.07 Å². The molecule has 2 atom stereocenters. The molecule has 1 heterocycles. The van der Waals surface area contributed by atoms with Gasteiger partial charge >= 0.3 is 0 Å². The number of nitrogens with one attached hydrogen (secondary N) is 1. The molecule has 0 bridgehead atoms. The zero-order chi connectivity index (χ0) is 13.8. The molecule has 0 saturated carbocycles. The average molecular weight is 327 g/mol. The normalized spacial score (nSPS) is 19.9. The molecule has 19 heavy (non-hydrogen) atoms. The summed E-state index contributed by atoms with van der Waals surface area (Å²) in [5.41, 5.74) is 6.03. The van der Waals surface area contributed by atoms with Gasteiger partial charge in [0.15, 0.2) is 0 Å². The molecule has 0 spiro atoms. The van der Waals surface area contributed by atoms with Crippen LogP contribution in [0.15, 0.2) is 28.7 Å². The number of carbonyl (C=O) groups is 2. The summed E-state index contributed by atoms with van der Waals surface area (Å²) in [5.74, 6) is -0.972. The summed E-state index contributed by atoms with van der Waals surface area (Å²) in [4.78, 5) is 23.5. The summed E-state index contributed by atoms with van der Waals surface area (Å²) >= 11 is 3.33. The van der Waals surface area contributed by atoms with Gasteiger partial charge in [0.25, 0.3) is 0 Å². The zero-order valence-corrected chi connectivity index (χ0v) is 11.9. The first-order chi connectivity index (χ1) is 9.08. The lowest BCUT2D eigenvalue weighted by molar-refractivity contribution is -0.130. The van der Waals surface area contributed by atoms with E-state index in [0.29, 0.717) is 25.2 Å². The smallest absolute Gasteiger partial charge is 0.244 e. The minimum absolute atomic E-state index is 0.193. The van der Waals surface area contributed by atoms with Crippen LogP contribution in [0.1, 0.15) is 18.0 Å². The fourth-order valence-electron chi connectivity index (χ4n) is 2.01. The number of nitrogens with two attached hydrogens (primary N) is 1. The van der Waals surface area contributed by atoms with Gasteiger partial charge in [-0.05, 0) is 24.1 Å². The lowest BCUT2D eigenvalue weighted by Gasteiger charge is -2.18. The standard InChI is InChI=1S/C13H15BrN2O3/c14-10-3-1-2-8(6-10)11(12(15)17)16-13(18)9-4-5-19-7-9/h1-3,6,9,11H,4-5,7H2,(H2,15,17)(H,16,18). The fourth-order valence-corrected chi connectivity index (χ4v) is 2.42. The van der Waals surface area contributed by atoms with E-state index in [9.17, 15) is 9.59 Å².